The Morgan fingerprint density at radius 3 is 2.88 bits per heavy atom. The largest absolute Gasteiger partial charge is 0.259 e. The molecule has 0 fully saturated rings. The topological polar surface area (TPSA) is 12.9 Å². The smallest absolute Gasteiger partial charge is 0.192 e. The molecule has 8 heavy (non-hydrogen) atoms. The standard InChI is InChI=1S/C4H5BBrNS/c1-5-4-7-2-3(6)8-4/h2,5H,1H3. The van der Waals surface area contributed by atoms with Gasteiger partial charge in [-0.05, 0) is 15.9 Å². The second kappa shape index (κ2) is 2.64. The third-order valence-corrected chi connectivity index (χ3v) is 2.45. The van der Waals surface area contributed by atoms with E-state index in [4.69, 9.17) is 0 Å². The van der Waals surface area contributed by atoms with Crippen molar-refractivity contribution in [1.29, 1.82) is 0 Å². The summed E-state index contributed by atoms with van der Waals surface area (Å²) in [5.41, 5.74) is 0. The first-order valence-electron chi connectivity index (χ1n) is 2.43. The molecule has 0 amide bonds. The summed E-state index contributed by atoms with van der Waals surface area (Å²) in [7, 11) is 1.04. The molecule has 0 radical (unpaired) electrons. The molecule has 1 heterocycles. The van der Waals surface area contributed by atoms with Crippen LogP contribution in [0.3, 0.4) is 0 Å². The highest BCUT2D eigenvalue weighted by Gasteiger charge is 1.94. The van der Waals surface area contributed by atoms with Gasteiger partial charge in [0.1, 0.15) is 0 Å². The summed E-state index contributed by atoms with van der Waals surface area (Å²) < 4.78 is 1.12. The summed E-state index contributed by atoms with van der Waals surface area (Å²) in [6, 6.07) is 0. The van der Waals surface area contributed by atoms with E-state index in [9.17, 15) is 0 Å². The number of rotatable bonds is 1. The van der Waals surface area contributed by atoms with E-state index in [-0.39, 0.29) is 0 Å². The third-order valence-electron chi connectivity index (χ3n) is 0.828. The summed E-state index contributed by atoms with van der Waals surface area (Å²) >= 11 is 5.02. The first-order valence-corrected chi connectivity index (χ1v) is 4.04. The second-order valence-corrected chi connectivity index (χ2v) is 3.91. The maximum Gasteiger partial charge on any atom is 0.192 e. The van der Waals surface area contributed by atoms with Crippen LogP contribution in [0.15, 0.2) is 9.98 Å². The molecule has 0 aliphatic rings. The van der Waals surface area contributed by atoms with Crippen LogP contribution in [0.2, 0.25) is 6.82 Å². The highest BCUT2D eigenvalue weighted by molar-refractivity contribution is 9.11. The van der Waals surface area contributed by atoms with Gasteiger partial charge in [0.05, 0.1) is 14.9 Å². The zero-order valence-electron chi connectivity index (χ0n) is 4.52. The van der Waals surface area contributed by atoms with Crippen LogP contribution in [0, 0.1) is 0 Å². The summed E-state index contributed by atoms with van der Waals surface area (Å²) in [6.07, 6.45) is 1.84. The Kier molecular flexibility index (Phi) is 2.08. The highest BCUT2D eigenvalue weighted by Crippen LogP contribution is 2.10. The van der Waals surface area contributed by atoms with Crippen molar-refractivity contribution in [3.63, 3.8) is 0 Å². The van der Waals surface area contributed by atoms with E-state index in [0.717, 1.165) is 11.1 Å². The Hall–Kier alpha value is 0.175. The number of nitrogens with zero attached hydrogens (tertiary/aromatic N) is 1. The molecule has 0 atom stereocenters. The van der Waals surface area contributed by atoms with Crippen molar-refractivity contribution in [3.8, 4) is 0 Å². The summed E-state index contributed by atoms with van der Waals surface area (Å²) in [5.74, 6) is 0. The molecule has 0 aromatic carbocycles. The molecule has 1 nitrogen and oxygen atoms in total. The molecule has 0 unspecified atom stereocenters. The Morgan fingerprint density at radius 2 is 2.62 bits per heavy atom. The molecule has 0 N–H and O–H groups in total. The van der Waals surface area contributed by atoms with E-state index < -0.39 is 0 Å². The maximum absolute atomic E-state index is 4.11. The van der Waals surface area contributed by atoms with Gasteiger partial charge in [0.25, 0.3) is 0 Å². The molecule has 1 aromatic rings. The predicted molar refractivity (Wildman–Crippen MR) is 42.5 cm³/mol. The van der Waals surface area contributed by atoms with E-state index in [1.54, 1.807) is 11.3 Å². The van der Waals surface area contributed by atoms with E-state index in [2.05, 4.69) is 27.7 Å². The zero-order valence-corrected chi connectivity index (χ0v) is 6.92. The van der Waals surface area contributed by atoms with Crippen molar-refractivity contribution in [3.05, 3.63) is 9.98 Å². The Bertz CT molecular complexity index is 176. The fourth-order valence-corrected chi connectivity index (χ4v) is 1.69. The minimum atomic E-state index is 1.04. The lowest BCUT2D eigenvalue weighted by atomic mass is 9.84. The quantitative estimate of drug-likeness (QED) is 0.602. The molecule has 0 spiro atoms. The van der Waals surface area contributed by atoms with Gasteiger partial charge in [-0.3, -0.25) is 4.98 Å². The molecule has 1 aromatic heterocycles. The average molecular weight is 190 g/mol. The van der Waals surface area contributed by atoms with Gasteiger partial charge >= 0.3 is 0 Å². The molecular formula is C4H5BBrNS. The van der Waals surface area contributed by atoms with Crippen molar-refractivity contribution in [2.24, 2.45) is 0 Å². The second-order valence-electron chi connectivity index (χ2n) is 1.41. The molecule has 0 aliphatic carbocycles. The predicted octanol–water partition coefficient (Wildman–Crippen LogP) is 1.02. The lowest BCUT2D eigenvalue weighted by Crippen LogP contribution is -2.06. The van der Waals surface area contributed by atoms with Crippen molar-refractivity contribution in [1.82, 2.24) is 4.98 Å². The average Bonchev–Trinajstić information content (AvgIpc) is 2.14. The minimum Gasteiger partial charge on any atom is -0.259 e. The van der Waals surface area contributed by atoms with E-state index in [1.165, 1.54) is 4.91 Å². The van der Waals surface area contributed by atoms with Crippen molar-refractivity contribution < 1.29 is 0 Å². The summed E-state index contributed by atoms with van der Waals surface area (Å²) in [5, 5.41) is 0. The Balaban J connectivity index is 2.84. The lowest BCUT2D eigenvalue weighted by Gasteiger charge is -1.75. The monoisotopic (exact) mass is 189 g/mol. The Labute approximate surface area is 61.5 Å². The van der Waals surface area contributed by atoms with Gasteiger partial charge in [0, 0.05) is 0 Å². The van der Waals surface area contributed by atoms with Crippen LogP contribution in [0.5, 0.6) is 0 Å². The van der Waals surface area contributed by atoms with E-state index >= 15 is 0 Å². The van der Waals surface area contributed by atoms with E-state index in [1.807, 2.05) is 6.20 Å². The molecule has 0 saturated carbocycles. The van der Waals surface area contributed by atoms with Crippen LogP contribution in [0.1, 0.15) is 0 Å². The van der Waals surface area contributed by atoms with Crippen LogP contribution >= 0.6 is 27.3 Å². The normalized spacial score (nSPS) is 9.25. The van der Waals surface area contributed by atoms with Crippen LogP contribution in [0.25, 0.3) is 0 Å². The molecular weight excluding hydrogens is 185 g/mol. The van der Waals surface area contributed by atoms with Crippen molar-refractivity contribution in [2.75, 3.05) is 0 Å². The van der Waals surface area contributed by atoms with Crippen LogP contribution in [-0.4, -0.2) is 12.3 Å². The van der Waals surface area contributed by atoms with Gasteiger partial charge in [0.15, 0.2) is 7.28 Å². The number of thiazole rings is 1. The Morgan fingerprint density at radius 1 is 1.88 bits per heavy atom. The maximum atomic E-state index is 4.11. The molecule has 4 heteroatoms. The third kappa shape index (κ3) is 1.32. The first-order chi connectivity index (χ1) is 3.83. The van der Waals surface area contributed by atoms with Crippen molar-refractivity contribution >= 4 is 39.5 Å². The van der Waals surface area contributed by atoms with Crippen LogP contribution in [-0.2, 0) is 0 Å². The highest BCUT2D eigenvalue weighted by atomic mass is 79.9. The van der Waals surface area contributed by atoms with Gasteiger partial charge in [-0.1, -0.05) is 6.82 Å². The fraction of sp³-hybridized carbons (Fsp3) is 0.250. The SMILES string of the molecule is CBc1ncc(Br)s1. The van der Waals surface area contributed by atoms with Crippen LogP contribution in [0.4, 0.5) is 0 Å². The molecule has 0 bridgehead atoms. The zero-order chi connectivity index (χ0) is 5.98. The molecule has 0 aliphatic heterocycles. The molecule has 42 valence electrons. The number of halogens is 1. The number of hydrogen-bond donors (Lipinski definition) is 0. The number of aromatic nitrogens is 1. The van der Waals surface area contributed by atoms with Gasteiger partial charge in [-0.25, -0.2) is 0 Å². The van der Waals surface area contributed by atoms with Gasteiger partial charge in [0.2, 0.25) is 0 Å². The van der Waals surface area contributed by atoms with Gasteiger partial charge < -0.3 is 0 Å². The minimum absolute atomic E-state index is 1.04. The lowest BCUT2D eigenvalue weighted by molar-refractivity contribution is 1.46. The first kappa shape index (κ1) is 6.30. The van der Waals surface area contributed by atoms with E-state index in [0.29, 0.717) is 0 Å². The molecule has 1 rings (SSSR count). The fourth-order valence-electron chi connectivity index (χ4n) is 0.451. The van der Waals surface area contributed by atoms with Crippen LogP contribution < -0.4 is 4.91 Å². The summed E-state index contributed by atoms with van der Waals surface area (Å²) in [4.78, 5) is 5.30. The molecule has 0 saturated heterocycles. The van der Waals surface area contributed by atoms with Gasteiger partial charge in [-0.2, -0.15) is 0 Å². The summed E-state index contributed by atoms with van der Waals surface area (Å²) in [6.45, 7) is 2.10. The number of hydrogen-bond acceptors (Lipinski definition) is 2. The van der Waals surface area contributed by atoms with Gasteiger partial charge in [-0.15, -0.1) is 11.3 Å². The van der Waals surface area contributed by atoms with Crippen molar-refractivity contribution in [2.45, 2.75) is 6.82 Å².